The van der Waals surface area contributed by atoms with E-state index >= 15 is 0 Å². The van der Waals surface area contributed by atoms with Crippen LogP contribution in [0.15, 0.2) is 34.9 Å². The standard InChI is InChI=1S/C23H22N2O9/c1-13-19(14(2)34-24-13)11-31-20-5-4-15(8-21(20)29-3)23(26)32-10-17-7-18(25(27)28)6-16-9-30-12-33-22(16)17/h4-8H,9-12H2,1-3H3. The van der Waals surface area contributed by atoms with Crippen LogP contribution >= 0.6 is 0 Å². The molecule has 178 valence electrons. The number of aryl methyl sites for hydroxylation is 2. The van der Waals surface area contributed by atoms with Crippen molar-refractivity contribution in [3.63, 3.8) is 0 Å². The summed E-state index contributed by atoms with van der Waals surface area (Å²) in [4.78, 5) is 23.4. The second kappa shape index (κ2) is 9.79. The number of nitro benzene ring substituents is 1. The van der Waals surface area contributed by atoms with Gasteiger partial charge in [-0.05, 0) is 32.0 Å². The van der Waals surface area contributed by atoms with Crippen molar-refractivity contribution in [1.82, 2.24) is 5.16 Å². The van der Waals surface area contributed by atoms with Crippen LogP contribution in [0.4, 0.5) is 5.69 Å². The van der Waals surface area contributed by atoms with Gasteiger partial charge in [0.1, 0.15) is 24.7 Å². The number of fused-ring (bicyclic) bond motifs is 1. The topological polar surface area (TPSA) is 132 Å². The summed E-state index contributed by atoms with van der Waals surface area (Å²) >= 11 is 0. The molecule has 11 heteroatoms. The minimum absolute atomic E-state index is 0.0123. The van der Waals surface area contributed by atoms with Gasteiger partial charge in [0.05, 0.1) is 35.5 Å². The lowest BCUT2D eigenvalue weighted by atomic mass is 10.1. The van der Waals surface area contributed by atoms with Crippen molar-refractivity contribution in [2.45, 2.75) is 33.7 Å². The Hall–Kier alpha value is -4.12. The molecule has 0 saturated carbocycles. The van der Waals surface area contributed by atoms with Gasteiger partial charge >= 0.3 is 5.97 Å². The maximum absolute atomic E-state index is 12.7. The minimum Gasteiger partial charge on any atom is -0.493 e. The van der Waals surface area contributed by atoms with Gasteiger partial charge in [0.25, 0.3) is 5.69 Å². The van der Waals surface area contributed by atoms with E-state index in [1.54, 1.807) is 19.1 Å². The van der Waals surface area contributed by atoms with E-state index in [4.69, 9.17) is 28.2 Å². The Balaban J connectivity index is 1.47. The smallest absolute Gasteiger partial charge is 0.338 e. The van der Waals surface area contributed by atoms with Crippen LogP contribution in [-0.2, 0) is 29.3 Å². The lowest BCUT2D eigenvalue weighted by Crippen LogP contribution is -2.15. The van der Waals surface area contributed by atoms with Gasteiger partial charge in [-0.15, -0.1) is 0 Å². The van der Waals surface area contributed by atoms with Crippen LogP contribution in [-0.4, -0.2) is 30.0 Å². The van der Waals surface area contributed by atoms with Gasteiger partial charge in [-0.1, -0.05) is 5.16 Å². The van der Waals surface area contributed by atoms with Crippen molar-refractivity contribution in [3.8, 4) is 17.2 Å². The van der Waals surface area contributed by atoms with E-state index in [9.17, 15) is 14.9 Å². The highest BCUT2D eigenvalue weighted by atomic mass is 16.7. The minimum atomic E-state index is -0.636. The van der Waals surface area contributed by atoms with Crippen molar-refractivity contribution in [3.05, 3.63) is 74.2 Å². The van der Waals surface area contributed by atoms with Crippen LogP contribution in [0, 0.1) is 24.0 Å². The molecular formula is C23H22N2O9. The fraction of sp³-hybridized carbons (Fsp3) is 0.304. The molecule has 1 aliphatic heterocycles. The van der Waals surface area contributed by atoms with E-state index in [1.807, 2.05) is 6.92 Å². The average molecular weight is 470 g/mol. The third-order valence-corrected chi connectivity index (χ3v) is 5.29. The Kier molecular flexibility index (Phi) is 6.64. The van der Waals surface area contributed by atoms with E-state index in [-0.39, 0.29) is 37.9 Å². The number of nitrogens with zero attached hydrogens (tertiary/aromatic N) is 2. The lowest BCUT2D eigenvalue weighted by molar-refractivity contribution is -0.385. The van der Waals surface area contributed by atoms with Gasteiger partial charge in [0.2, 0.25) is 0 Å². The molecule has 0 spiro atoms. The summed E-state index contributed by atoms with van der Waals surface area (Å²) in [7, 11) is 1.46. The Bertz CT molecular complexity index is 1220. The second-order valence-electron chi connectivity index (χ2n) is 7.49. The first-order valence-corrected chi connectivity index (χ1v) is 10.3. The normalized spacial score (nSPS) is 12.4. The number of benzene rings is 2. The summed E-state index contributed by atoms with van der Waals surface area (Å²) in [5.74, 6) is 1.22. The Morgan fingerprint density at radius 1 is 1.18 bits per heavy atom. The van der Waals surface area contributed by atoms with Crippen LogP contribution in [0.1, 0.15) is 38.5 Å². The van der Waals surface area contributed by atoms with Crippen LogP contribution in [0.2, 0.25) is 0 Å². The highest BCUT2D eigenvalue weighted by Gasteiger charge is 2.22. The zero-order valence-electron chi connectivity index (χ0n) is 18.8. The van der Waals surface area contributed by atoms with E-state index in [0.29, 0.717) is 34.1 Å². The molecule has 0 saturated heterocycles. The van der Waals surface area contributed by atoms with Crippen molar-refractivity contribution >= 4 is 11.7 Å². The molecule has 0 N–H and O–H groups in total. The van der Waals surface area contributed by atoms with E-state index in [1.165, 1.54) is 25.3 Å². The molecular weight excluding hydrogens is 448 g/mol. The fourth-order valence-corrected chi connectivity index (χ4v) is 3.49. The molecule has 3 aromatic rings. The van der Waals surface area contributed by atoms with Gasteiger partial charge in [-0.25, -0.2) is 4.79 Å². The van der Waals surface area contributed by atoms with Crippen molar-refractivity contribution in [1.29, 1.82) is 0 Å². The highest BCUT2D eigenvalue weighted by Crippen LogP contribution is 2.34. The van der Waals surface area contributed by atoms with Gasteiger partial charge in [-0.3, -0.25) is 10.1 Å². The van der Waals surface area contributed by atoms with E-state index in [0.717, 1.165) is 11.3 Å². The predicted octanol–water partition coefficient (Wildman–Crippen LogP) is 4.01. The van der Waals surface area contributed by atoms with Crippen molar-refractivity contribution < 1.29 is 37.9 Å². The maximum atomic E-state index is 12.7. The highest BCUT2D eigenvalue weighted by molar-refractivity contribution is 5.90. The SMILES string of the molecule is COc1cc(C(=O)OCc2cc([N+](=O)[O-])cc3c2OCOC3)ccc1OCc1c(C)noc1C. The Morgan fingerprint density at radius 2 is 2.00 bits per heavy atom. The van der Waals surface area contributed by atoms with Gasteiger partial charge in [-0.2, -0.15) is 0 Å². The molecule has 1 aromatic heterocycles. The maximum Gasteiger partial charge on any atom is 0.338 e. The second-order valence-corrected chi connectivity index (χ2v) is 7.49. The average Bonchev–Trinajstić information content (AvgIpc) is 3.17. The molecule has 0 atom stereocenters. The molecule has 0 amide bonds. The first-order valence-electron chi connectivity index (χ1n) is 10.3. The first kappa shape index (κ1) is 23.1. The van der Waals surface area contributed by atoms with Crippen LogP contribution in [0.25, 0.3) is 0 Å². The van der Waals surface area contributed by atoms with Crippen LogP contribution < -0.4 is 14.2 Å². The van der Waals surface area contributed by atoms with Gasteiger partial charge < -0.3 is 28.2 Å². The van der Waals surface area contributed by atoms with E-state index in [2.05, 4.69) is 5.16 Å². The lowest BCUT2D eigenvalue weighted by Gasteiger charge is -2.20. The number of ether oxygens (including phenoxy) is 5. The monoisotopic (exact) mass is 470 g/mol. The van der Waals surface area contributed by atoms with Gasteiger partial charge in [0.15, 0.2) is 18.3 Å². The zero-order valence-corrected chi connectivity index (χ0v) is 18.8. The molecule has 2 aromatic carbocycles. The molecule has 0 unspecified atom stereocenters. The molecule has 0 bridgehead atoms. The molecule has 2 heterocycles. The van der Waals surface area contributed by atoms with Crippen LogP contribution in [0.3, 0.4) is 0 Å². The molecule has 0 fully saturated rings. The number of methoxy groups -OCH3 is 1. The predicted molar refractivity (Wildman–Crippen MR) is 116 cm³/mol. The van der Waals surface area contributed by atoms with Crippen molar-refractivity contribution in [2.75, 3.05) is 13.9 Å². The third-order valence-electron chi connectivity index (χ3n) is 5.29. The molecule has 34 heavy (non-hydrogen) atoms. The van der Waals surface area contributed by atoms with Crippen molar-refractivity contribution in [2.24, 2.45) is 0 Å². The fourth-order valence-electron chi connectivity index (χ4n) is 3.49. The molecule has 1 aliphatic rings. The molecule has 0 radical (unpaired) electrons. The number of carbonyl (C=O) groups excluding carboxylic acids is 1. The number of carbonyl (C=O) groups is 1. The number of non-ortho nitro benzene ring substituents is 1. The summed E-state index contributed by atoms with van der Waals surface area (Å²) in [6.07, 6.45) is 0. The number of aromatic nitrogens is 1. The largest absolute Gasteiger partial charge is 0.493 e. The molecule has 0 aliphatic carbocycles. The molecule has 4 rings (SSSR count). The number of esters is 1. The molecule has 11 nitrogen and oxygen atoms in total. The zero-order chi connectivity index (χ0) is 24.2. The number of hydrogen-bond acceptors (Lipinski definition) is 10. The third kappa shape index (κ3) is 4.79. The quantitative estimate of drug-likeness (QED) is 0.270. The summed E-state index contributed by atoms with van der Waals surface area (Å²) in [6.45, 7) is 3.81. The Labute approximate surface area is 194 Å². The number of nitro groups is 1. The summed E-state index contributed by atoms with van der Waals surface area (Å²) in [6, 6.07) is 7.35. The number of hydrogen-bond donors (Lipinski definition) is 0. The number of rotatable bonds is 8. The summed E-state index contributed by atoms with van der Waals surface area (Å²) in [5, 5.41) is 15.1. The Morgan fingerprint density at radius 3 is 2.71 bits per heavy atom. The van der Waals surface area contributed by atoms with E-state index < -0.39 is 10.9 Å². The summed E-state index contributed by atoms with van der Waals surface area (Å²) in [5.41, 5.74) is 2.56. The first-order chi connectivity index (χ1) is 16.4. The van der Waals surface area contributed by atoms with Crippen LogP contribution in [0.5, 0.6) is 17.2 Å². The summed E-state index contributed by atoms with van der Waals surface area (Å²) < 4.78 is 32.4. The van der Waals surface area contributed by atoms with Gasteiger partial charge in [0, 0.05) is 23.3 Å².